The largest absolute Gasteiger partial charge is 0.280 e. The van der Waals surface area contributed by atoms with Gasteiger partial charge in [0.25, 0.3) is 5.91 Å². The molecule has 2 aromatic carbocycles. The zero-order valence-corrected chi connectivity index (χ0v) is 18.4. The lowest BCUT2D eigenvalue weighted by molar-refractivity contribution is 0.0989. The van der Waals surface area contributed by atoms with E-state index in [0.717, 1.165) is 11.8 Å². The van der Waals surface area contributed by atoms with Crippen LogP contribution in [0.25, 0.3) is 11.3 Å². The highest BCUT2D eigenvalue weighted by Crippen LogP contribution is 2.32. The summed E-state index contributed by atoms with van der Waals surface area (Å²) in [6, 6.07) is 11.1. The van der Waals surface area contributed by atoms with Crippen molar-refractivity contribution < 1.29 is 13.2 Å². The molecular weight excluding hydrogens is 451 g/mol. The number of hydrogen-bond donors (Lipinski definition) is 0. The number of anilines is 1. The molecule has 3 rings (SSSR count). The van der Waals surface area contributed by atoms with Crippen LogP contribution in [0.4, 0.5) is 5.13 Å². The van der Waals surface area contributed by atoms with Crippen molar-refractivity contribution >= 4 is 55.4 Å². The van der Waals surface area contributed by atoms with Gasteiger partial charge in [-0.3, -0.25) is 9.69 Å². The highest BCUT2D eigenvalue weighted by molar-refractivity contribution is 7.90. The molecule has 0 saturated carbocycles. The van der Waals surface area contributed by atoms with Gasteiger partial charge in [0.15, 0.2) is 15.0 Å². The molecule has 0 aliphatic heterocycles. The molecule has 0 aliphatic carbocycles. The Morgan fingerprint density at radius 3 is 2.62 bits per heavy atom. The third-order valence-corrected chi connectivity index (χ3v) is 6.72. The Bertz CT molecular complexity index is 1190. The van der Waals surface area contributed by atoms with Crippen LogP contribution in [-0.2, 0) is 9.84 Å². The molecule has 1 amide bonds. The van der Waals surface area contributed by atoms with E-state index in [2.05, 4.69) is 11.6 Å². The van der Waals surface area contributed by atoms with E-state index in [4.69, 9.17) is 23.2 Å². The van der Waals surface area contributed by atoms with Crippen LogP contribution in [0.5, 0.6) is 0 Å². The van der Waals surface area contributed by atoms with Crippen molar-refractivity contribution in [2.24, 2.45) is 0 Å². The van der Waals surface area contributed by atoms with E-state index < -0.39 is 9.84 Å². The zero-order valence-electron chi connectivity index (χ0n) is 15.3. The molecule has 0 atom stereocenters. The summed E-state index contributed by atoms with van der Waals surface area (Å²) in [6.45, 7) is 3.92. The number of hydrogen-bond acceptors (Lipinski definition) is 5. The number of thiazole rings is 1. The number of rotatable bonds is 6. The Hall–Kier alpha value is -2.19. The summed E-state index contributed by atoms with van der Waals surface area (Å²) in [7, 11) is -3.43. The van der Waals surface area contributed by atoms with E-state index in [1.54, 1.807) is 36.4 Å². The monoisotopic (exact) mass is 466 g/mol. The lowest BCUT2D eigenvalue weighted by Gasteiger charge is -2.18. The molecule has 1 heterocycles. The fourth-order valence-electron chi connectivity index (χ4n) is 2.57. The minimum Gasteiger partial charge on any atom is -0.280 e. The summed E-state index contributed by atoms with van der Waals surface area (Å²) < 4.78 is 23.6. The van der Waals surface area contributed by atoms with Gasteiger partial charge in [-0.05, 0) is 30.3 Å². The number of halogens is 2. The summed E-state index contributed by atoms with van der Waals surface area (Å²) in [6.07, 6.45) is 2.68. The van der Waals surface area contributed by atoms with Crippen molar-refractivity contribution in [2.45, 2.75) is 4.90 Å². The maximum Gasteiger partial charge on any atom is 0.260 e. The van der Waals surface area contributed by atoms with Crippen LogP contribution in [0.15, 0.2) is 65.4 Å². The number of nitrogens with zero attached hydrogens (tertiary/aromatic N) is 2. The molecule has 0 spiro atoms. The molecule has 0 saturated heterocycles. The molecular formula is C20H16Cl2N2O3S2. The number of amides is 1. The van der Waals surface area contributed by atoms with Crippen LogP contribution < -0.4 is 4.90 Å². The number of sulfone groups is 1. The van der Waals surface area contributed by atoms with Crippen molar-refractivity contribution in [1.82, 2.24) is 4.98 Å². The number of benzene rings is 2. The van der Waals surface area contributed by atoms with E-state index in [9.17, 15) is 13.2 Å². The molecule has 1 aromatic heterocycles. The molecule has 0 fully saturated rings. The smallest absolute Gasteiger partial charge is 0.260 e. The van der Waals surface area contributed by atoms with Crippen molar-refractivity contribution in [3.63, 3.8) is 0 Å². The maximum absolute atomic E-state index is 13.1. The molecule has 3 aromatic rings. The van der Waals surface area contributed by atoms with Crippen LogP contribution in [0.3, 0.4) is 0 Å². The van der Waals surface area contributed by atoms with Gasteiger partial charge in [-0.25, -0.2) is 13.4 Å². The number of carbonyl (C=O) groups excluding carboxylic acids is 1. The highest BCUT2D eigenvalue weighted by Gasteiger charge is 2.21. The third-order valence-electron chi connectivity index (χ3n) is 4.00. The van der Waals surface area contributed by atoms with E-state index in [1.165, 1.54) is 28.4 Å². The number of carbonyl (C=O) groups is 1. The van der Waals surface area contributed by atoms with Crippen molar-refractivity contribution in [2.75, 3.05) is 17.7 Å². The van der Waals surface area contributed by atoms with Gasteiger partial charge < -0.3 is 0 Å². The van der Waals surface area contributed by atoms with Crippen LogP contribution >= 0.6 is 34.5 Å². The van der Waals surface area contributed by atoms with Gasteiger partial charge in [-0.2, -0.15) is 0 Å². The minimum absolute atomic E-state index is 0.0811. The highest BCUT2D eigenvalue weighted by atomic mass is 35.5. The second-order valence-corrected chi connectivity index (χ2v) is 9.82. The fourth-order valence-corrected chi connectivity index (χ4v) is 4.38. The predicted octanol–water partition coefficient (Wildman–Crippen LogP) is 5.35. The summed E-state index contributed by atoms with van der Waals surface area (Å²) in [4.78, 5) is 19.1. The molecule has 5 nitrogen and oxygen atoms in total. The SMILES string of the molecule is C=CCN(C(=O)c1cccc(S(C)(=O)=O)c1)c1nc(-c2ccc(Cl)c(Cl)c2)cs1. The third kappa shape index (κ3) is 4.87. The van der Waals surface area contributed by atoms with E-state index >= 15 is 0 Å². The molecule has 150 valence electrons. The van der Waals surface area contributed by atoms with E-state index in [-0.39, 0.29) is 22.9 Å². The van der Waals surface area contributed by atoms with Crippen LogP contribution in [0.2, 0.25) is 10.0 Å². The average Bonchev–Trinajstić information content (AvgIpc) is 3.17. The maximum atomic E-state index is 13.1. The Balaban J connectivity index is 1.96. The Kier molecular flexibility index (Phi) is 6.43. The van der Waals surface area contributed by atoms with Crippen molar-refractivity contribution in [3.8, 4) is 11.3 Å². The molecule has 9 heteroatoms. The summed E-state index contributed by atoms with van der Waals surface area (Å²) in [5, 5.41) is 3.13. The van der Waals surface area contributed by atoms with E-state index in [0.29, 0.717) is 20.9 Å². The van der Waals surface area contributed by atoms with Gasteiger partial charge in [0.2, 0.25) is 0 Å². The normalized spacial score (nSPS) is 11.3. The quantitative estimate of drug-likeness (QED) is 0.458. The summed E-state index contributed by atoms with van der Waals surface area (Å²) >= 11 is 13.3. The van der Waals surface area contributed by atoms with Crippen molar-refractivity contribution in [1.29, 1.82) is 0 Å². The first kappa shape index (κ1) is 21.5. The first-order valence-corrected chi connectivity index (χ1v) is 11.9. The standard InChI is InChI=1S/C20H16Cl2N2O3S2/c1-3-9-24(19(25)14-5-4-6-15(10-14)29(2,26)27)20-23-18(12-28-20)13-7-8-16(21)17(22)11-13/h3-8,10-12H,1,9H2,2H3. The predicted molar refractivity (Wildman–Crippen MR) is 119 cm³/mol. The van der Waals surface area contributed by atoms with Gasteiger partial charge in [-0.15, -0.1) is 17.9 Å². The Labute approximate surface area is 183 Å². The topological polar surface area (TPSA) is 67.3 Å². The molecule has 0 radical (unpaired) electrons. The summed E-state index contributed by atoms with van der Waals surface area (Å²) in [5.74, 6) is -0.370. The second-order valence-electron chi connectivity index (χ2n) is 6.15. The molecule has 29 heavy (non-hydrogen) atoms. The fraction of sp³-hybridized carbons (Fsp3) is 0.100. The Morgan fingerprint density at radius 1 is 1.21 bits per heavy atom. The zero-order chi connectivity index (χ0) is 21.2. The lowest BCUT2D eigenvalue weighted by Crippen LogP contribution is -2.31. The van der Waals surface area contributed by atoms with Crippen LogP contribution in [0, 0.1) is 0 Å². The van der Waals surface area contributed by atoms with Crippen LogP contribution in [0.1, 0.15) is 10.4 Å². The molecule has 0 unspecified atom stereocenters. The molecule has 0 N–H and O–H groups in total. The molecule has 0 aliphatic rings. The first-order chi connectivity index (χ1) is 13.7. The van der Waals surface area contributed by atoms with Gasteiger partial charge in [0, 0.05) is 29.3 Å². The van der Waals surface area contributed by atoms with Crippen LogP contribution in [-0.4, -0.2) is 32.1 Å². The van der Waals surface area contributed by atoms with Gasteiger partial charge >= 0.3 is 0 Å². The van der Waals surface area contributed by atoms with Gasteiger partial charge in [0.05, 0.1) is 20.6 Å². The number of aromatic nitrogens is 1. The minimum atomic E-state index is -3.43. The average molecular weight is 467 g/mol. The first-order valence-electron chi connectivity index (χ1n) is 8.34. The molecule has 0 bridgehead atoms. The Morgan fingerprint density at radius 2 is 1.97 bits per heavy atom. The second kappa shape index (κ2) is 8.67. The van der Waals surface area contributed by atoms with Gasteiger partial charge in [-0.1, -0.05) is 41.4 Å². The van der Waals surface area contributed by atoms with Gasteiger partial charge in [0.1, 0.15) is 0 Å². The lowest BCUT2D eigenvalue weighted by atomic mass is 10.2. The van der Waals surface area contributed by atoms with E-state index in [1.807, 2.05) is 5.38 Å². The van der Waals surface area contributed by atoms with Crippen molar-refractivity contribution in [3.05, 3.63) is 76.1 Å². The summed E-state index contributed by atoms with van der Waals surface area (Å²) in [5.41, 5.74) is 1.67.